The standard InChI is InChI=1S/C13H15ClO2/c1-8-4-5-9(10(14)6-8)13(11(15)16)7-12(13,2)3/h4-6H,7H2,1-3H3,(H,15,16). The minimum Gasteiger partial charge on any atom is -0.481 e. The van der Waals surface area contributed by atoms with Gasteiger partial charge in [-0.05, 0) is 36.0 Å². The van der Waals surface area contributed by atoms with Crippen molar-refractivity contribution in [3.63, 3.8) is 0 Å². The molecule has 2 rings (SSSR count). The van der Waals surface area contributed by atoms with Gasteiger partial charge in [-0.25, -0.2) is 0 Å². The lowest BCUT2D eigenvalue weighted by atomic mass is 9.87. The van der Waals surface area contributed by atoms with Gasteiger partial charge in [-0.2, -0.15) is 0 Å². The predicted molar refractivity (Wildman–Crippen MR) is 63.9 cm³/mol. The molecule has 2 nitrogen and oxygen atoms in total. The van der Waals surface area contributed by atoms with Crippen molar-refractivity contribution in [3.8, 4) is 0 Å². The monoisotopic (exact) mass is 238 g/mol. The Labute approximate surface area is 100 Å². The molecule has 1 aromatic carbocycles. The van der Waals surface area contributed by atoms with E-state index in [-0.39, 0.29) is 5.41 Å². The maximum absolute atomic E-state index is 11.5. The van der Waals surface area contributed by atoms with Gasteiger partial charge in [-0.1, -0.05) is 37.6 Å². The molecule has 1 aliphatic carbocycles. The summed E-state index contributed by atoms with van der Waals surface area (Å²) in [6.45, 7) is 5.88. The lowest BCUT2D eigenvalue weighted by molar-refractivity contribution is -0.141. The highest BCUT2D eigenvalue weighted by atomic mass is 35.5. The summed E-state index contributed by atoms with van der Waals surface area (Å²) in [5, 5.41) is 9.99. The first kappa shape index (κ1) is 11.5. The van der Waals surface area contributed by atoms with E-state index in [1.807, 2.05) is 39.0 Å². The molecule has 0 aliphatic heterocycles. The minimum absolute atomic E-state index is 0.211. The Kier molecular flexibility index (Phi) is 2.32. The molecule has 1 fully saturated rings. The summed E-state index contributed by atoms with van der Waals surface area (Å²) < 4.78 is 0. The van der Waals surface area contributed by atoms with Crippen LogP contribution in [0.4, 0.5) is 0 Å². The van der Waals surface area contributed by atoms with Crippen molar-refractivity contribution in [2.24, 2.45) is 5.41 Å². The maximum atomic E-state index is 11.5. The van der Waals surface area contributed by atoms with Gasteiger partial charge in [-0.15, -0.1) is 0 Å². The molecular formula is C13H15ClO2. The number of hydrogen-bond acceptors (Lipinski definition) is 1. The van der Waals surface area contributed by atoms with Gasteiger partial charge in [0.1, 0.15) is 0 Å². The zero-order valence-electron chi connectivity index (χ0n) is 9.67. The summed E-state index contributed by atoms with van der Waals surface area (Å²) in [7, 11) is 0. The summed E-state index contributed by atoms with van der Waals surface area (Å²) in [5.74, 6) is -0.775. The molecule has 1 N–H and O–H groups in total. The van der Waals surface area contributed by atoms with E-state index in [4.69, 9.17) is 11.6 Å². The molecule has 1 aromatic rings. The number of carbonyl (C=O) groups is 1. The summed E-state index contributed by atoms with van der Waals surface area (Å²) in [6.07, 6.45) is 0.651. The first-order valence-electron chi connectivity index (χ1n) is 5.31. The van der Waals surface area contributed by atoms with Gasteiger partial charge in [0.05, 0.1) is 5.41 Å². The molecule has 1 atom stereocenters. The molecule has 0 aromatic heterocycles. The molecule has 16 heavy (non-hydrogen) atoms. The van der Waals surface area contributed by atoms with Crippen LogP contribution in [0.1, 0.15) is 31.4 Å². The molecule has 3 heteroatoms. The smallest absolute Gasteiger partial charge is 0.314 e. The third kappa shape index (κ3) is 1.36. The Morgan fingerprint density at radius 3 is 2.38 bits per heavy atom. The summed E-state index contributed by atoms with van der Waals surface area (Å²) in [4.78, 5) is 11.5. The van der Waals surface area contributed by atoms with Gasteiger partial charge in [0, 0.05) is 5.02 Å². The number of benzene rings is 1. The molecule has 0 radical (unpaired) electrons. The fourth-order valence-electron chi connectivity index (χ4n) is 2.53. The van der Waals surface area contributed by atoms with Crippen LogP contribution in [0, 0.1) is 12.3 Å². The third-order valence-electron chi connectivity index (χ3n) is 3.69. The zero-order chi connectivity index (χ0) is 12.1. The van der Waals surface area contributed by atoms with Crippen LogP contribution in [0.15, 0.2) is 18.2 Å². The third-order valence-corrected chi connectivity index (χ3v) is 4.00. The lowest BCUT2D eigenvalue weighted by Crippen LogP contribution is -2.25. The zero-order valence-corrected chi connectivity index (χ0v) is 10.4. The number of aryl methyl sites for hydroxylation is 1. The molecule has 0 spiro atoms. The average Bonchev–Trinajstić information content (AvgIpc) is 2.70. The van der Waals surface area contributed by atoms with Crippen molar-refractivity contribution in [2.45, 2.75) is 32.6 Å². The number of rotatable bonds is 2. The van der Waals surface area contributed by atoms with Gasteiger partial charge in [-0.3, -0.25) is 4.79 Å². The molecule has 0 heterocycles. The minimum atomic E-state index is -0.794. The van der Waals surface area contributed by atoms with Gasteiger partial charge in [0.2, 0.25) is 0 Å². The van der Waals surface area contributed by atoms with Crippen LogP contribution >= 0.6 is 11.6 Å². The van der Waals surface area contributed by atoms with E-state index in [2.05, 4.69) is 0 Å². The Morgan fingerprint density at radius 1 is 1.44 bits per heavy atom. The van der Waals surface area contributed by atoms with Crippen LogP contribution in [-0.2, 0) is 10.2 Å². The largest absolute Gasteiger partial charge is 0.481 e. The van der Waals surface area contributed by atoms with E-state index in [1.54, 1.807) is 0 Å². The average molecular weight is 239 g/mol. The van der Waals surface area contributed by atoms with Crippen molar-refractivity contribution >= 4 is 17.6 Å². The molecular weight excluding hydrogens is 224 g/mol. The van der Waals surface area contributed by atoms with E-state index in [0.717, 1.165) is 11.1 Å². The Morgan fingerprint density at radius 2 is 2.00 bits per heavy atom. The Balaban J connectivity index is 2.56. The lowest BCUT2D eigenvalue weighted by Gasteiger charge is -2.17. The first-order valence-corrected chi connectivity index (χ1v) is 5.69. The van der Waals surface area contributed by atoms with E-state index in [1.165, 1.54) is 0 Å². The van der Waals surface area contributed by atoms with Crippen molar-refractivity contribution in [3.05, 3.63) is 34.3 Å². The van der Waals surface area contributed by atoms with Crippen LogP contribution in [0.2, 0.25) is 5.02 Å². The van der Waals surface area contributed by atoms with Crippen LogP contribution in [0.5, 0.6) is 0 Å². The van der Waals surface area contributed by atoms with Crippen molar-refractivity contribution in [1.82, 2.24) is 0 Å². The Hall–Kier alpha value is -1.02. The number of carboxylic acid groups (broad SMARTS) is 1. The predicted octanol–water partition coefficient (Wildman–Crippen LogP) is 3.40. The molecule has 1 aliphatic rings. The van der Waals surface area contributed by atoms with Crippen molar-refractivity contribution in [2.75, 3.05) is 0 Å². The molecule has 0 bridgehead atoms. The highest BCUT2D eigenvalue weighted by molar-refractivity contribution is 6.32. The van der Waals surface area contributed by atoms with Crippen LogP contribution in [0.25, 0.3) is 0 Å². The van der Waals surface area contributed by atoms with Gasteiger partial charge in [0.25, 0.3) is 0 Å². The molecule has 0 amide bonds. The normalized spacial score (nSPS) is 26.5. The van der Waals surface area contributed by atoms with Crippen LogP contribution < -0.4 is 0 Å². The quantitative estimate of drug-likeness (QED) is 0.858. The highest BCUT2D eigenvalue weighted by Crippen LogP contribution is 2.65. The fraction of sp³-hybridized carbons (Fsp3) is 0.462. The molecule has 86 valence electrons. The second kappa shape index (κ2) is 3.24. The van der Waals surface area contributed by atoms with E-state index in [9.17, 15) is 9.90 Å². The van der Waals surface area contributed by atoms with Crippen LogP contribution in [0.3, 0.4) is 0 Å². The molecule has 1 unspecified atom stereocenters. The number of hydrogen-bond donors (Lipinski definition) is 1. The van der Waals surface area contributed by atoms with E-state index in [0.29, 0.717) is 11.4 Å². The highest BCUT2D eigenvalue weighted by Gasteiger charge is 2.68. The van der Waals surface area contributed by atoms with Gasteiger partial charge < -0.3 is 5.11 Å². The summed E-state index contributed by atoms with van der Waals surface area (Å²) in [6, 6.07) is 5.59. The maximum Gasteiger partial charge on any atom is 0.314 e. The van der Waals surface area contributed by atoms with Crippen LogP contribution in [-0.4, -0.2) is 11.1 Å². The van der Waals surface area contributed by atoms with Gasteiger partial charge in [0.15, 0.2) is 0 Å². The van der Waals surface area contributed by atoms with Crippen molar-refractivity contribution in [1.29, 1.82) is 0 Å². The SMILES string of the molecule is Cc1ccc(C2(C(=O)O)CC2(C)C)c(Cl)c1. The number of carboxylic acids is 1. The summed E-state index contributed by atoms with van der Waals surface area (Å²) in [5.41, 5.74) is 0.792. The molecule has 0 saturated heterocycles. The molecule has 1 saturated carbocycles. The van der Waals surface area contributed by atoms with Gasteiger partial charge >= 0.3 is 5.97 Å². The van der Waals surface area contributed by atoms with Crippen molar-refractivity contribution < 1.29 is 9.90 Å². The first-order chi connectivity index (χ1) is 7.31. The second-order valence-corrected chi connectivity index (χ2v) is 5.66. The number of halogens is 1. The Bertz CT molecular complexity index is 465. The van der Waals surface area contributed by atoms with E-state index < -0.39 is 11.4 Å². The van der Waals surface area contributed by atoms with E-state index >= 15 is 0 Å². The second-order valence-electron chi connectivity index (χ2n) is 5.25. The topological polar surface area (TPSA) is 37.3 Å². The number of aliphatic carboxylic acids is 1. The fourth-order valence-corrected chi connectivity index (χ4v) is 2.92. The summed E-state index contributed by atoms with van der Waals surface area (Å²) >= 11 is 6.16.